The molecule has 1 aromatic rings. The summed E-state index contributed by atoms with van der Waals surface area (Å²) in [6, 6.07) is 4.54. The van der Waals surface area contributed by atoms with Gasteiger partial charge in [-0.25, -0.2) is 0 Å². The Labute approximate surface area is 125 Å². The van der Waals surface area contributed by atoms with E-state index in [9.17, 15) is 4.79 Å². The van der Waals surface area contributed by atoms with Crippen LogP contribution in [0.15, 0.2) is 18.3 Å². The molecule has 0 spiro atoms. The summed E-state index contributed by atoms with van der Waals surface area (Å²) in [5.41, 5.74) is 1.59. The average Bonchev–Trinajstić information content (AvgIpc) is 2.90. The summed E-state index contributed by atoms with van der Waals surface area (Å²) in [5, 5.41) is 0. The molecule has 1 aromatic heterocycles. The Morgan fingerprint density at radius 2 is 2.19 bits per heavy atom. The number of ether oxygens (including phenoxy) is 1. The number of fused-ring (bicyclic) bond motifs is 1. The lowest BCUT2D eigenvalue weighted by molar-refractivity contribution is -0.0582. The second-order valence-corrected chi connectivity index (χ2v) is 6.21. The van der Waals surface area contributed by atoms with Crippen LogP contribution in [0.1, 0.15) is 29.9 Å². The number of rotatable bonds is 2. The first-order chi connectivity index (χ1) is 10.1. The van der Waals surface area contributed by atoms with Gasteiger partial charge in [0.15, 0.2) is 0 Å². The van der Waals surface area contributed by atoms with Gasteiger partial charge in [-0.05, 0) is 32.9 Å². The van der Waals surface area contributed by atoms with E-state index in [1.54, 1.807) is 6.20 Å². The third-order valence-electron chi connectivity index (χ3n) is 4.45. The van der Waals surface area contributed by atoms with E-state index >= 15 is 0 Å². The van der Waals surface area contributed by atoms with Crippen molar-refractivity contribution >= 4 is 5.91 Å². The van der Waals surface area contributed by atoms with E-state index in [0.717, 1.165) is 25.4 Å². The molecule has 5 nitrogen and oxygen atoms in total. The molecular formula is C16H23N3O2. The Kier molecular flexibility index (Phi) is 3.95. The van der Waals surface area contributed by atoms with Gasteiger partial charge in [0, 0.05) is 37.6 Å². The van der Waals surface area contributed by atoms with Crippen LogP contribution in [0.4, 0.5) is 0 Å². The fourth-order valence-electron chi connectivity index (χ4n) is 3.30. The molecule has 2 aliphatic rings. The van der Waals surface area contributed by atoms with E-state index in [1.165, 1.54) is 0 Å². The molecule has 0 saturated carbocycles. The van der Waals surface area contributed by atoms with Crippen LogP contribution < -0.4 is 0 Å². The van der Waals surface area contributed by atoms with E-state index in [0.29, 0.717) is 24.2 Å². The standard InChI is InChI=1S/C16H23N3O2/c1-11(2)19-6-7-21-15-10-18(9-14(15)19)16(20)13-5-4-12(3)17-8-13/h4-5,8,11,14-15H,6-7,9-10H2,1-3H3/t14-,15+/m1/s1. The van der Waals surface area contributed by atoms with Crippen LogP contribution in [0.5, 0.6) is 0 Å². The molecule has 0 radical (unpaired) electrons. The fraction of sp³-hybridized carbons (Fsp3) is 0.625. The molecule has 3 rings (SSSR count). The summed E-state index contributed by atoms with van der Waals surface area (Å²) >= 11 is 0. The Hall–Kier alpha value is -1.46. The number of pyridine rings is 1. The molecule has 3 heterocycles. The zero-order valence-corrected chi connectivity index (χ0v) is 13.0. The Morgan fingerprint density at radius 3 is 2.86 bits per heavy atom. The monoisotopic (exact) mass is 289 g/mol. The van der Waals surface area contributed by atoms with Gasteiger partial charge in [-0.2, -0.15) is 0 Å². The lowest BCUT2D eigenvalue weighted by Gasteiger charge is -2.39. The van der Waals surface area contributed by atoms with Gasteiger partial charge in [0.2, 0.25) is 0 Å². The summed E-state index contributed by atoms with van der Waals surface area (Å²) in [7, 11) is 0. The van der Waals surface area contributed by atoms with Crippen LogP contribution in [0.3, 0.4) is 0 Å². The number of amides is 1. The zero-order chi connectivity index (χ0) is 15.0. The van der Waals surface area contributed by atoms with Gasteiger partial charge in [0.05, 0.1) is 24.3 Å². The number of likely N-dealkylation sites (tertiary alicyclic amines) is 1. The lowest BCUT2D eigenvalue weighted by atomic mass is 10.1. The number of nitrogens with zero attached hydrogens (tertiary/aromatic N) is 3. The van der Waals surface area contributed by atoms with Crippen LogP contribution in [0.25, 0.3) is 0 Å². The van der Waals surface area contributed by atoms with Gasteiger partial charge < -0.3 is 9.64 Å². The van der Waals surface area contributed by atoms with Crippen molar-refractivity contribution in [2.24, 2.45) is 0 Å². The minimum absolute atomic E-state index is 0.0595. The molecular weight excluding hydrogens is 266 g/mol. The van der Waals surface area contributed by atoms with Gasteiger partial charge >= 0.3 is 0 Å². The number of aryl methyl sites for hydroxylation is 1. The van der Waals surface area contributed by atoms with Crippen molar-refractivity contribution in [2.75, 3.05) is 26.2 Å². The largest absolute Gasteiger partial charge is 0.373 e. The van der Waals surface area contributed by atoms with Crippen LogP contribution in [-0.2, 0) is 4.74 Å². The Morgan fingerprint density at radius 1 is 1.38 bits per heavy atom. The summed E-state index contributed by atoms with van der Waals surface area (Å²) in [6.07, 6.45) is 1.81. The van der Waals surface area contributed by atoms with Crippen LogP contribution >= 0.6 is 0 Å². The number of hydrogen-bond donors (Lipinski definition) is 0. The predicted octanol–water partition coefficient (Wildman–Crippen LogP) is 1.32. The molecule has 21 heavy (non-hydrogen) atoms. The van der Waals surface area contributed by atoms with Crippen molar-refractivity contribution < 1.29 is 9.53 Å². The van der Waals surface area contributed by atoms with Crippen molar-refractivity contribution in [1.82, 2.24) is 14.8 Å². The molecule has 2 fully saturated rings. The summed E-state index contributed by atoms with van der Waals surface area (Å²) in [5.74, 6) is 0.0595. The predicted molar refractivity (Wildman–Crippen MR) is 80.2 cm³/mol. The quantitative estimate of drug-likeness (QED) is 0.824. The van der Waals surface area contributed by atoms with Gasteiger partial charge in [-0.3, -0.25) is 14.7 Å². The minimum Gasteiger partial charge on any atom is -0.373 e. The lowest BCUT2D eigenvalue weighted by Crippen LogP contribution is -2.53. The summed E-state index contributed by atoms with van der Waals surface area (Å²) < 4.78 is 5.87. The third-order valence-corrected chi connectivity index (χ3v) is 4.45. The number of morpholine rings is 1. The third kappa shape index (κ3) is 2.80. The molecule has 114 valence electrons. The number of hydrogen-bond acceptors (Lipinski definition) is 4. The maximum absolute atomic E-state index is 12.6. The first-order valence-electron chi connectivity index (χ1n) is 7.65. The van der Waals surface area contributed by atoms with Crippen molar-refractivity contribution in [3.8, 4) is 0 Å². The molecule has 2 aliphatic heterocycles. The van der Waals surface area contributed by atoms with Gasteiger partial charge in [-0.1, -0.05) is 0 Å². The van der Waals surface area contributed by atoms with Crippen LogP contribution in [0, 0.1) is 6.92 Å². The van der Waals surface area contributed by atoms with Crippen LogP contribution in [0.2, 0.25) is 0 Å². The SMILES string of the molecule is Cc1ccc(C(=O)N2C[C@@H]3OCCN(C(C)C)[C@@H]3C2)cn1. The molecule has 0 N–H and O–H groups in total. The minimum atomic E-state index is 0.0595. The van der Waals surface area contributed by atoms with E-state index in [1.807, 2.05) is 24.0 Å². The number of aromatic nitrogens is 1. The highest BCUT2D eigenvalue weighted by molar-refractivity contribution is 5.94. The van der Waals surface area contributed by atoms with E-state index in [-0.39, 0.29) is 12.0 Å². The van der Waals surface area contributed by atoms with E-state index < -0.39 is 0 Å². The molecule has 0 aliphatic carbocycles. The maximum atomic E-state index is 12.6. The van der Waals surface area contributed by atoms with Crippen molar-refractivity contribution in [2.45, 2.75) is 39.0 Å². The van der Waals surface area contributed by atoms with Gasteiger partial charge in [0.1, 0.15) is 0 Å². The molecule has 1 amide bonds. The highest BCUT2D eigenvalue weighted by Gasteiger charge is 2.42. The van der Waals surface area contributed by atoms with E-state index in [2.05, 4.69) is 23.7 Å². The smallest absolute Gasteiger partial charge is 0.255 e. The average molecular weight is 289 g/mol. The van der Waals surface area contributed by atoms with Gasteiger partial charge in [0.25, 0.3) is 5.91 Å². The highest BCUT2D eigenvalue weighted by Crippen LogP contribution is 2.25. The van der Waals surface area contributed by atoms with Gasteiger partial charge in [-0.15, -0.1) is 0 Å². The highest BCUT2D eigenvalue weighted by atomic mass is 16.5. The molecule has 2 atom stereocenters. The van der Waals surface area contributed by atoms with Crippen LogP contribution in [-0.4, -0.2) is 65.1 Å². The summed E-state index contributed by atoms with van der Waals surface area (Å²) in [4.78, 5) is 21.2. The first kappa shape index (κ1) is 14.5. The number of carbonyl (C=O) groups is 1. The van der Waals surface area contributed by atoms with Crippen molar-refractivity contribution in [3.05, 3.63) is 29.6 Å². The second-order valence-electron chi connectivity index (χ2n) is 6.21. The summed E-state index contributed by atoms with van der Waals surface area (Å²) in [6.45, 7) is 9.47. The van der Waals surface area contributed by atoms with Crippen molar-refractivity contribution in [3.63, 3.8) is 0 Å². The molecule has 0 unspecified atom stereocenters. The number of carbonyl (C=O) groups excluding carboxylic acids is 1. The second kappa shape index (κ2) is 5.73. The Balaban J connectivity index is 1.73. The maximum Gasteiger partial charge on any atom is 0.255 e. The fourth-order valence-corrected chi connectivity index (χ4v) is 3.30. The van der Waals surface area contributed by atoms with Crippen molar-refractivity contribution in [1.29, 1.82) is 0 Å². The Bertz CT molecular complexity index is 515. The molecule has 0 aromatic carbocycles. The molecule has 0 bridgehead atoms. The first-order valence-corrected chi connectivity index (χ1v) is 7.65. The normalized spacial score (nSPS) is 26.2. The molecule has 2 saturated heterocycles. The zero-order valence-electron chi connectivity index (χ0n) is 13.0. The topological polar surface area (TPSA) is 45.7 Å². The molecule has 5 heteroatoms. The van der Waals surface area contributed by atoms with E-state index in [4.69, 9.17) is 4.74 Å².